The molecule has 11 heavy (non-hydrogen) atoms. The number of rotatable bonds is 1. The molecule has 0 radical (unpaired) electrons. The monoisotopic (exact) mass is 230 g/mol. The minimum absolute atomic E-state index is 0.476. The molecule has 2 heterocycles. The molecule has 0 N–H and O–H groups in total. The molecule has 0 aliphatic heterocycles. The maximum Gasteiger partial charge on any atom is 0.195 e. The highest BCUT2D eigenvalue weighted by Crippen LogP contribution is 2.22. The zero-order chi connectivity index (χ0) is 7.84. The van der Waals surface area contributed by atoms with Gasteiger partial charge in [-0.15, -0.1) is 0 Å². The van der Waals surface area contributed by atoms with Crippen LogP contribution in [0.1, 0.15) is 10.5 Å². The molecule has 0 spiro atoms. The molecule has 0 fully saturated rings. The van der Waals surface area contributed by atoms with Gasteiger partial charge in [-0.1, -0.05) is 11.3 Å². The summed E-state index contributed by atoms with van der Waals surface area (Å²) in [6, 6.07) is 0. The first-order valence-electron chi connectivity index (χ1n) is 2.89. The molecule has 56 valence electrons. The van der Waals surface area contributed by atoms with E-state index in [9.17, 15) is 4.79 Å². The molecule has 0 unspecified atom stereocenters. The average Bonchev–Trinajstić information content (AvgIpc) is 2.43. The number of aldehydes is 1. The Bertz CT molecular complexity index is 374. The van der Waals surface area contributed by atoms with E-state index in [-0.39, 0.29) is 0 Å². The van der Waals surface area contributed by atoms with Crippen LogP contribution in [0, 0.1) is 0 Å². The molecule has 2 aromatic heterocycles. The van der Waals surface area contributed by atoms with Crippen molar-refractivity contribution >= 4 is 38.5 Å². The Morgan fingerprint density at radius 1 is 1.64 bits per heavy atom. The topological polar surface area (TPSA) is 34.4 Å². The summed E-state index contributed by atoms with van der Waals surface area (Å²) < 4.78 is 2.83. The van der Waals surface area contributed by atoms with E-state index in [2.05, 4.69) is 20.9 Å². The lowest BCUT2D eigenvalue weighted by atomic mass is 10.5. The number of carbonyl (C=O) groups is 1. The van der Waals surface area contributed by atoms with Crippen molar-refractivity contribution in [1.82, 2.24) is 9.38 Å². The lowest BCUT2D eigenvalue weighted by Crippen LogP contribution is -1.74. The molecule has 0 aromatic carbocycles. The van der Waals surface area contributed by atoms with Gasteiger partial charge in [0.2, 0.25) is 0 Å². The van der Waals surface area contributed by atoms with Crippen molar-refractivity contribution in [2.45, 2.75) is 0 Å². The van der Waals surface area contributed by atoms with Crippen LogP contribution in [0.3, 0.4) is 0 Å². The van der Waals surface area contributed by atoms with Crippen molar-refractivity contribution in [3.8, 4) is 0 Å². The molecule has 0 saturated heterocycles. The van der Waals surface area contributed by atoms with Crippen molar-refractivity contribution < 1.29 is 4.79 Å². The Morgan fingerprint density at radius 2 is 2.45 bits per heavy atom. The largest absolute Gasteiger partial charge is 0.296 e. The Morgan fingerprint density at radius 3 is 3.09 bits per heavy atom. The van der Waals surface area contributed by atoms with Crippen LogP contribution < -0.4 is 0 Å². The van der Waals surface area contributed by atoms with E-state index >= 15 is 0 Å². The molecule has 0 aliphatic rings. The average molecular weight is 231 g/mol. The van der Waals surface area contributed by atoms with Crippen molar-refractivity contribution in [3.63, 3.8) is 0 Å². The standard InChI is InChI=1S/C6H3BrN2OS/c7-5-2-9-1-4(3-10)8-6(9)11-5/h1-3H. The van der Waals surface area contributed by atoms with Gasteiger partial charge in [0.15, 0.2) is 11.2 Å². The van der Waals surface area contributed by atoms with Gasteiger partial charge in [-0.05, 0) is 15.9 Å². The van der Waals surface area contributed by atoms with E-state index in [1.165, 1.54) is 11.3 Å². The second-order valence-corrected chi connectivity index (χ2v) is 4.40. The highest BCUT2D eigenvalue weighted by Gasteiger charge is 2.02. The molecule has 2 aromatic rings. The van der Waals surface area contributed by atoms with Crippen LogP contribution in [0.15, 0.2) is 16.2 Å². The fourth-order valence-electron chi connectivity index (χ4n) is 0.842. The molecular formula is C6H3BrN2OS. The second kappa shape index (κ2) is 2.42. The van der Waals surface area contributed by atoms with Crippen LogP contribution in [0.25, 0.3) is 4.96 Å². The van der Waals surface area contributed by atoms with Crippen LogP contribution in [-0.4, -0.2) is 15.7 Å². The number of nitrogens with zero attached hydrogens (tertiary/aromatic N) is 2. The highest BCUT2D eigenvalue weighted by molar-refractivity contribution is 9.11. The van der Waals surface area contributed by atoms with Gasteiger partial charge in [-0.2, -0.15) is 0 Å². The van der Waals surface area contributed by atoms with Gasteiger partial charge in [0.25, 0.3) is 0 Å². The lowest BCUT2D eigenvalue weighted by Gasteiger charge is -1.73. The van der Waals surface area contributed by atoms with Crippen LogP contribution in [0.5, 0.6) is 0 Å². The minimum Gasteiger partial charge on any atom is -0.296 e. The summed E-state index contributed by atoms with van der Waals surface area (Å²) in [5.41, 5.74) is 0.476. The fraction of sp³-hybridized carbons (Fsp3) is 0. The first kappa shape index (κ1) is 7.00. The van der Waals surface area contributed by atoms with E-state index in [0.717, 1.165) is 15.0 Å². The molecule has 0 amide bonds. The summed E-state index contributed by atoms with van der Waals surface area (Å²) in [5, 5.41) is 0. The smallest absolute Gasteiger partial charge is 0.195 e. The fourth-order valence-corrected chi connectivity index (χ4v) is 2.20. The zero-order valence-corrected chi connectivity index (χ0v) is 7.72. The van der Waals surface area contributed by atoms with Crippen LogP contribution in [-0.2, 0) is 0 Å². The molecule has 0 bridgehead atoms. The molecule has 3 nitrogen and oxygen atoms in total. The summed E-state index contributed by atoms with van der Waals surface area (Å²) in [6.45, 7) is 0. The molecule has 0 aliphatic carbocycles. The predicted molar refractivity (Wildman–Crippen MR) is 46.2 cm³/mol. The summed E-state index contributed by atoms with van der Waals surface area (Å²) in [6.07, 6.45) is 4.32. The molecule has 2 rings (SSSR count). The lowest BCUT2D eigenvalue weighted by molar-refractivity contribution is 0.111. The number of imidazole rings is 1. The van der Waals surface area contributed by atoms with E-state index in [4.69, 9.17) is 0 Å². The third-order valence-electron chi connectivity index (χ3n) is 1.27. The van der Waals surface area contributed by atoms with Crippen LogP contribution in [0.2, 0.25) is 0 Å². The van der Waals surface area contributed by atoms with E-state index in [0.29, 0.717) is 5.69 Å². The molecule has 5 heteroatoms. The maximum atomic E-state index is 10.3. The van der Waals surface area contributed by atoms with Crippen molar-refractivity contribution in [1.29, 1.82) is 0 Å². The van der Waals surface area contributed by atoms with Gasteiger partial charge in [-0.3, -0.25) is 9.20 Å². The number of fused-ring (bicyclic) bond motifs is 1. The number of aromatic nitrogens is 2. The first-order chi connectivity index (χ1) is 5.29. The molecule has 0 saturated carbocycles. The number of thiazole rings is 1. The normalized spacial score (nSPS) is 10.6. The zero-order valence-electron chi connectivity index (χ0n) is 5.32. The third-order valence-corrected chi connectivity index (χ3v) is 2.74. The van der Waals surface area contributed by atoms with Crippen molar-refractivity contribution in [2.24, 2.45) is 0 Å². The van der Waals surface area contributed by atoms with E-state index < -0.39 is 0 Å². The number of hydrogen-bond donors (Lipinski definition) is 0. The van der Waals surface area contributed by atoms with Crippen LogP contribution >= 0.6 is 27.3 Å². The SMILES string of the molecule is O=Cc1cn2cc(Br)sc2n1. The van der Waals surface area contributed by atoms with E-state index in [1.807, 2.05) is 10.6 Å². The molecular weight excluding hydrogens is 228 g/mol. The number of carbonyl (C=O) groups excluding carboxylic acids is 1. The van der Waals surface area contributed by atoms with Gasteiger partial charge in [0.05, 0.1) is 3.79 Å². The quantitative estimate of drug-likeness (QED) is 0.703. The minimum atomic E-state index is 0.476. The van der Waals surface area contributed by atoms with Crippen molar-refractivity contribution in [2.75, 3.05) is 0 Å². The highest BCUT2D eigenvalue weighted by atomic mass is 79.9. The summed E-state index contributed by atoms with van der Waals surface area (Å²) in [5.74, 6) is 0. The maximum absolute atomic E-state index is 10.3. The van der Waals surface area contributed by atoms with Gasteiger partial charge >= 0.3 is 0 Å². The first-order valence-corrected chi connectivity index (χ1v) is 4.50. The summed E-state index contributed by atoms with van der Waals surface area (Å²) in [4.78, 5) is 15.1. The third kappa shape index (κ3) is 1.10. The van der Waals surface area contributed by atoms with Crippen molar-refractivity contribution in [3.05, 3.63) is 21.9 Å². The van der Waals surface area contributed by atoms with E-state index in [1.54, 1.807) is 6.20 Å². The summed E-state index contributed by atoms with van der Waals surface area (Å²) in [7, 11) is 0. The predicted octanol–water partition coefficient (Wildman–Crippen LogP) is 1.97. The number of hydrogen-bond acceptors (Lipinski definition) is 3. The van der Waals surface area contributed by atoms with Crippen LogP contribution in [0.4, 0.5) is 0 Å². The van der Waals surface area contributed by atoms with Gasteiger partial charge in [-0.25, -0.2) is 4.98 Å². The Hall–Kier alpha value is -0.680. The van der Waals surface area contributed by atoms with Gasteiger partial charge < -0.3 is 0 Å². The Balaban J connectivity index is 2.72. The summed E-state index contributed by atoms with van der Waals surface area (Å²) >= 11 is 4.82. The van der Waals surface area contributed by atoms with Gasteiger partial charge in [0, 0.05) is 12.4 Å². The Kier molecular flexibility index (Phi) is 1.54. The second-order valence-electron chi connectivity index (χ2n) is 2.01. The van der Waals surface area contributed by atoms with Gasteiger partial charge in [0.1, 0.15) is 5.69 Å². The molecule has 0 atom stereocenters. The number of halogens is 1. The Labute approximate surface area is 74.8 Å².